The molecule has 162 valence electrons. The van der Waals surface area contributed by atoms with Crippen molar-refractivity contribution >= 4 is 21.5 Å². The van der Waals surface area contributed by atoms with Crippen LogP contribution in [0.4, 0.5) is 20.3 Å². The van der Waals surface area contributed by atoms with Crippen LogP contribution in [0.2, 0.25) is 0 Å². The highest BCUT2D eigenvalue weighted by atomic mass is 32.2. The lowest BCUT2D eigenvalue weighted by Gasteiger charge is -2.16. The zero-order chi connectivity index (χ0) is 22.2. The first-order chi connectivity index (χ1) is 14.8. The van der Waals surface area contributed by atoms with Gasteiger partial charge in [0.15, 0.2) is 5.82 Å². The van der Waals surface area contributed by atoms with Crippen molar-refractivity contribution in [3.05, 3.63) is 71.7 Å². The lowest BCUT2D eigenvalue weighted by molar-refractivity contribution is 0.545. The molecule has 9 heteroatoms. The largest absolute Gasteiger partial charge is 0.369 e. The van der Waals surface area contributed by atoms with Crippen LogP contribution in [0.3, 0.4) is 0 Å². The fourth-order valence-electron chi connectivity index (χ4n) is 3.53. The summed E-state index contributed by atoms with van der Waals surface area (Å²) in [5, 5.41) is 2.43. The number of anilines is 2. The number of rotatable bonds is 6. The predicted octanol–water partition coefficient (Wildman–Crippen LogP) is 4.32. The average Bonchev–Trinajstić information content (AvgIpc) is 3.15. The predicted molar refractivity (Wildman–Crippen MR) is 116 cm³/mol. The van der Waals surface area contributed by atoms with Crippen LogP contribution in [-0.4, -0.2) is 30.2 Å². The maximum Gasteiger partial charge on any atom is 0.235 e. The van der Waals surface area contributed by atoms with E-state index < -0.39 is 26.9 Å². The smallest absolute Gasteiger partial charge is 0.235 e. The molecule has 0 saturated heterocycles. The molecule has 1 aliphatic heterocycles. The maximum absolute atomic E-state index is 15.1. The van der Waals surface area contributed by atoms with E-state index >= 15 is 4.39 Å². The maximum atomic E-state index is 15.1. The summed E-state index contributed by atoms with van der Waals surface area (Å²) in [6.07, 6.45) is 5.20. The number of nitrogens with one attached hydrogen (secondary N) is 2. The lowest BCUT2D eigenvalue weighted by atomic mass is 9.92. The van der Waals surface area contributed by atoms with Gasteiger partial charge in [0.05, 0.1) is 10.9 Å². The number of sulfonamides is 1. The summed E-state index contributed by atoms with van der Waals surface area (Å²) < 4.78 is 56.1. The molecule has 1 aliphatic rings. The van der Waals surface area contributed by atoms with E-state index in [0.29, 0.717) is 12.4 Å². The number of pyridine rings is 2. The number of halogens is 2. The highest BCUT2D eigenvalue weighted by Crippen LogP contribution is 2.36. The van der Waals surface area contributed by atoms with Crippen molar-refractivity contribution in [1.82, 2.24) is 9.97 Å². The molecule has 0 aliphatic carbocycles. The van der Waals surface area contributed by atoms with Crippen LogP contribution in [0.25, 0.3) is 11.1 Å². The number of hydrogen-bond acceptors (Lipinski definition) is 5. The van der Waals surface area contributed by atoms with Gasteiger partial charge in [0.2, 0.25) is 10.0 Å². The second-order valence-electron chi connectivity index (χ2n) is 7.77. The summed E-state index contributed by atoms with van der Waals surface area (Å²) in [6, 6.07) is 7.89. The summed E-state index contributed by atoms with van der Waals surface area (Å²) in [7, 11) is -3.76. The van der Waals surface area contributed by atoms with Gasteiger partial charge in [0.1, 0.15) is 11.6 Å². The van der Waals surface area contributed by atoms with Crippen molar-refractivity contribution in [3.8, 4) is 11.1 Å². The second-order valence-corrected chi connectivity index (χ2v) is 10.0. The Morgan fingerprint density at radius 1 is 1.19 bits per heavy atom. The van der Waals surface area contributed by atoms with Gasteiger partial charge in [0.25, 0.3) is 0 Å². The number of benzene rings is 1. The molecule has 0 fully saturated rings. The fraction of sp³-hybridized carbons (Fsp3) is 0.273. The highest BCUT2D eigenvalue weighted by molar-refractivity contribution is 7.93. The number of aromatic nitrogens is 2. The van der Waals surface area contributed by atoms with E-state index in [2.05, 4.69) is 20.0 Å². The molecule has 0 radical (unpaired) electrons. The molecule has 0 amide bonds. The fourth-order valence-corrected chi connectivity index (χ4v) is 4.23. The van der Waals surface area contributed by atoms with E-state index in [1.54, 1.807) is 18.6 Å². The summed E-state index contributed by atoms with van der Waals surface area (Å²) in [5.41, 5.74) is 2.20. The SMILES string of the molecule is CC(C)S(=O)(=O)Nc1ccc(F)c(CC2CNc3ncc(-c4cccnc4)cc32)c1F. The van der Waals surface area contributed by atoms with E-state index in [-0.39, 0.29) is 23.6 Å². The highest BCUT2D eigenvalue weighted by Gasteiger charge is 2.28. The minimum absolute atomic E-state index is 0.0626. The van der Waals surface area contributed by atoms with Gasteiger partial charge in [-0.1, -0.05) is 6.07 Å². The second kappa shape index (κ2) is 8.22. The first-order valence-electron chi connectivity index (χ1n) is 9.89. The molecule has 1 aromatic carbocycles. The van der Waals surface area contributed by atoms with E-state index in [1.807, 2.05) is 18.2 Å². The summed E-state index contributed by atoms with van der Waals surface area (Å²) >= 11 is 0. The first kappa shape index (κ1) is 21.2. The normalized spacial score (nSPS) is 15.6. The van der Waals surface area contributed by atoms with E-state index in [9.17, 15) is 12.8 Å². The van der Waals surface area contributed by atoms with Crippen LogP contribution >= 0.6 is 0 Å². The van der Waals surface area contributed by atoms with Crippen LogP contribution in [0.1, 0.15) is 30.9 Å². The Kier molecular flexibility index (Phi) is 5.62. The van der Waals surface area contributed by atoms with Crippen molar-refractivity contribution in [1.29, 1.82) is 0 Å². The molecular weight excluding hydrogens is 422 g/mol. The molecule has 1 atom stereocenters. The molecule has 0 spiro atoms. The van der Waals surface area contributed by atoms with Crippen LogP contribution in [-0.2, 0) is 16.4 Å². The molecule has 3 aromatic rings. The van der Waals surface area contributed by atoms with Crippen molar-refractivity contribution in [2.45, 2.75) is 31.4 Å². The molecule has 31 heavy (non-hydrogen) atoms. The van der Waals surface area contributed by atoms with Gasteiger partial charge in [0, 0.05) is 53.3 Å². The number of fused-ring (bicyclic) bond motifs is 1. The molecule has 2 aromatic heterocycles. The van der Waals surface area contributed by atoms with Crippen LogP contribution < -0.4 is 10.0 Å². The number of hydrogen-bond donors (Lipinski definition) is 2. The van der Waals surface area contributed by atoms with Gasteiger partial charge >= 0.3 is 0 Å². The zero-order valence-corrected chi connectivity index (χ0v) is 17.9. The van der Waals surface area contributed by atoms with Crippen LogP contribution in [0, 0.1) is 11.6 Å². The molecule has 0 bridgehead atoms. The molecular formula is C22H22F2N4O2S. The minimum Gasteiger partial charge on any atom is -0.369 e. The van der Waals surface area contributed by atoms with Gasteiger partial charge in [-0.05, 0) is 44.5 Å². The van der Waals surface area contributed by atoms with E-state index in [1.165, 1.54) is 13.8 Å². The van der Waals surface area contributed by atoms with Gasteiger partial charge in [-0.15, -0.1) is 0 Å². The Morgan fingerprint density at radius 2 is 2.00 bits per heavy atom. The standard InChI is InChI=1S/C22H22F2N4O2S/c1-13(2)31(29,30)28-20-6-5-19(23)18(21(20)24)9-16-12-27-22-17(16)8-15(11-26-22)14-4-3-7-25-10-14/h3-8,10-11,13,16,28H,9,12H2,1-2H3,(H,26,27). The van der Waals surface area contributed by atoms with E-state index in [0.717, 1.165) is 28.8 Å². The third kappa shape index (κ3) is 4.23. The van der Waals surface area contributed by atoms with Crippen molar-refractivity contribution in [3.63, 3.8) is 0 Å². The Bertz CT molecular complexity index is 1220. The molecule has 0 saturated carbocycles. The van der Waals surface area contributed by atoms with Crippen molar-refractivity contribution < 1.29 is 17.2 Å². The molecule has 1 unspecified atom stereocenters. The third-order valence-electron chi connectivity index (χ3n) is 5.38. The Labute approximate surface area is 179 Å². The van der Waals surface area contributed by atoms with Gasteiger partial charge in [-0.3, -0.25) is 9.71 Å². The topological polar surface area (TPSA) is 84.0 Å². The quantitative estimate of drug-likeness (QED) is 0.592. The average molecular weight is 445 g/mol. The molecule has 4 rings (SSSR count). The Hall–Kier alpha value is -3.07. The first-order valence-corrected chi connectivity index (χ1v) is 11.4. The molecule has 3 heterocycles. The minimum atomic E-state index is -3.76. The molecule has 6 nitrogen and oxygen atoms in total. The van der Waals surface area contributed by atoms with Crippen molar-refractivity contribution in [2.75, 3.05) is 16.6 Å². The Morgan fingerprint density at radius 3 is 2.71 bits per heavy atom. The summed E-state index contributed by atoms with van der Waals surface area (Å²) in [5.74, 6) is -1.15. The lowest BCUT2D eigenvalue weighted by Crippen LogP contribution is -2.23. The van der Waals surface area contributed by atoms with Crippen LogP contribution in [0.5, 0.6) is 0 Å². The van der Waals surface area contributed by atoms with Gasteiger partial charge < -0.3 is 5.32 Å². The third-order valence-corrected chi connectivity index (χ3v) is 7.12. The van der Waals surface area contributed by atoms with Crippen molar-refractivity contribution in [2.24, 2.45) is 0 Å². The molecule has 2 N–H and O–H groups in total. The Balaban J connectivity index is 1.65. The van der Waals surface area contributed by atoms with Gasteiger partial charge in [-0.25, -0.2) is 22.2 Å². The summed E-state index contributed by atoms with van der Waals surface area (Å²) in [6.45, 7) is 3.44. The van der Waals surface area contributed by atoms with E-state index in [4.69, 9.17) is 0 Å². The van der Waals surface area contributed by atoms with Gasteiger partial charge in [-0.2, -0.15) is 0 Å². The van der Waals surface area contributed by atoms with Crippen LogP contribution in [0.15, 0.2) is 48.9 Å². The number of nitrogens with zero attached hydrogens (tertiary/aromatic N) is 2. The summed E-state index contributed by atoms with van der Waals surface area (Å²) in [4.78, 5) is 8.56. The zero-order valence-electron chi connectivity index (χ0n) is 17.1. The monoisotopic (exact) mass is 444 g/mol.